The van der Waals surface area contributed by atoms with Crippen molar-refractivity contribution in [2.75, 3.05) is 6.61 Å². The molecule has 0 amide bonds. The lowest BCUT2D eigenvalue weighted by atomic mass is 9.96. The van der Waals surface area contributed by atoms with Crippen LogP contribution in [0.5, 0.6) is 5.75 Å². The van der Waals surface area contributed by atoms with Crippen LogP contribution in [0.4, 0.5) is 13.2 Å². The predicted molar refractivity (Wildman–Crippen MR) is 92.9 cm³/mol. The molecule has 0 fully saturated rings. The molecule has 0 bridgehead atoms. The van der Waals surface area contributed by atoms with E-state index in [2.05, 4.69) is 0 Å². The molecular formula is C20H17F3O3. The van der Waals surface area contributed by atoms with Crippen LogP contribution in [0.25, 0.3) is 5.57 Å². The molecule has 0 unspecified atom stereocenters. The quantitative estimate of drug-likeness (QED) is 0.569. The van der Waals surface area contributed by atoms with Crippen LogP contribution in [-0.4, -0.2) is 17.7 Å². The van der Waals surface area contributed by atoms with E-state index in [-0.39, 0.29) is 0 Å². The molecule has 0 saturated carbocycles. The third-order valence-electron chi connectivity index (χ3n) is 3.48. The molecule has 1 N–H and O–H groups in total. The van der Waals surface area contributed by atoms with Gasteiger partial charge in [-0.2, -0.15) is 13.2 Å². The normalized spacial score (nSPS) is 12.4. The topological polar surface area (TPSA) is 46.5 Å². The highest BCUT2D eigenvalue weighted by Gasteiger charge is 2.30. The van der Waals surface area contributed by atoms with Gasteiger partial charge in [0.05, 0.1) is 12.2 Å². The van der Waals surface area contributed by atoms with Crippen molar-refractivity contribution in [3.63, 3.8) is 0 Å². The van der Waals surface area contributed by atoms with Gasteiger partial charge in [-0.1, -0.05) is 36.4 Å². The van der Waals surface area contributed by atoms with Crippen LogP contribution in [0.15, 0.2) is 66.8 Å². The van der Waals surface area contributed by atoms with Crippen LogP contribution in [-0.2, 0) is 11.0 Å². The number of halogens is 3. The van der Waals surface area contributed by atoms with Crippen LogP contribution in [0.2, 0.25) is 0 Å². The summed E-state index contributed by atoms with van der Waals surface area (Å²) in [5, 5.41) is 8.75. The van der Waals surface area contributed by atoms with Gasteiger partial charge in [-0.15, -0.1) is 0 Å². The Hall–Kier alpha value is -3.02. The van der Waals surface area contributed by atoms with Crippen molar-refractivity contribution in [2.24, 2.45) is 0 Å². The number of hydrogen-bond donors (Lipinski definition) is 1. The average molecular weight is 362 g/mol. The zero-order valence-electron chi connectivity index (χ0n) is 14.0. The molecule has 0 heterocycles. The lowest BCUT2D eigenvalue weighted by molar-refractivity contribution is -0.137. The zero-order valence-corrected chi connectivity index (χ0v) is 14.0. The van der Waals surface area contributed by atoms with Crippen molar-refractivity contribution in [3.8, 4) is 5.75 Å². The van der Waals surface area contributed by atoms with Gasteiger partial charge in [-0.3, -0.25) is 0 Å². The van der Waals surface area contributed by atoms with E-state index in [0.29, 0.717) is 29.1 Å². The maximum atomic E-state index is 12.8. The second-order valence-corrected chi connectivity index (χ2v) is 5.31. The first-order valence-corrected chi connectivity index (χ1v) is 7.83. The highest BCUT2D eigenvalue weighted by Crippen LogP contribution is 2.32. The number of rotatable bonds is 6. The third-order valence-corrected chi connectivity index (χ3v) is 3.48. The lowest BCUT2D eigenvalue weighted by Gasteiger charge is -2.12. The molecule has 2 aromatic carbocycles. The van der Waals surface area contributed by atoms with Crippen LogP contribution in [0, 0.1) is 0 Å². The van der Waals surface area contributed by atoms with Crippen molar-refractivity contribution < 1.29 is 27.8 Å². The van der Waals surface area contributed by atoms with Crippen molar-refractivity contribution in [1.82, 2.24) is 0 Å². The summed E-state index contributed by atoms with van der Waals surface area (Å²) in [6, 6.07) is 11.8. The van der Waals surface area contributed by atoms with Crippen molar-refractivity contribution >= 4 is 11.5 Å². The summed E-state index contributed by atoms with van der Waals surface area (Å²) in [5.74, 6) is -0.499. The molecule has 6 heteroatoms. The molecule has 26 heavy (non-hydrogen) atoms. The largest absolute Gasteiger partial charge is 0.494 e. The van der Waals surface area contributed by atoms with Crippen LogP contribution >= 0.6 is 0 Å². The summed E-state index contributed by atoms with van der Waals surface area (Å²) in [7, 11) is 0. The van der Waals surface area contributed by atoms with Gasteiger partial charge in [0.1, 0.15) is 5.75 Å². The summed E-state index contributed by atoms with van der Waals surface area (Å²) in [6.07, 6.45) is -0.582. The molecule has 2 aromatic rings. The van der Waals surface area contributed by atoms with E-state index in [9.17, 15) is 18.0 Å². The van der Waals surface area contributed by atoms with E-state index >= 15 is 0 Å². The lowest BCUT2D eigenvalue weighted by Crippen LogP contribution is -2.04. The maximum absolute atomic E-state index is 12.8. The Labute approximate surface area is 149 Å². The van der Waals surface area contributed by atoms with Gasteiger partial charge in [0.2, 0.25) is 0 Å². The average Bonchev–Trinajstić information content (AvgIpc) is 2.58. The minimum atomic E-state index is -4.42. The molecule has 136 valence electrons. The fourth-order valence-corrected chi connectivity index (χ4v) is 2.34. The first-order chi connectivity index (χ1) is 12.3. The minimum Gasteiger partial charge on any atom is -0.494 e. The number of hydrogen-bond acceptors (Lipinski definition) is 2. The van der Waals surface area contributed by atoms with Crippen LogP contribution < -0.4 is 4.74 Å². The highest BCUT2D eigenvalue weighted by atomic mass is 19.4. The summed E-state index contributed by atoms with van der Waals surface area (Å²) in [6.45, 7) is 2.32. The van der Waals surface area contributed by atoms with Crippen LogP contribution in [0.1, 0.15) is 23.6 Å². The summed E-state index contributed by atoms with van der Waals surface area (Å²) < 4.78 is 43.7. The number of carboxylic acids is 1. The Morgan fingerprint density at radius 2 is 1.81 bits per heavy atom. The number of allylic oxidation sites excluding steroid dienone is 2. The van der Waals surface area contributed by atoms with Gasteiger partial charge in [0.25, 0.3) is 0 Å². The molecule has 0 aromatic heterocycles. The number of aliphatic carboxylic acids is 1. The van der Waals surface area contributed by atoms with Gasteiger partial charge >= 0.3 is 12.1 Å². The fourth-order valence-electron chi connectivity index (χ4n) is 2.34. The molecule has 0 radical (unpaired) electrons. The SMILES string of the molecule is CCOc1cccc(C(=CC=CC(=O)O)c2ccc(C(F)(F)F)cc2)c1. The van der Waals surface area contributed by atoms with E-state index in [1.54, 1.807) is 30.3 Å². The zero-order chi connectivity index (χ0) is 19.2. The predicted octanol–water partition coefficient (Wildman–Crippen LogP) is 5.18. The molecule has 0 aliphatic heterocycles. The number of benzene rings is 2. The smallest absolute Gasteiger partial charge is 0.416 e. The Kier molecular flexibility index (Phi) is 6.22. The Bertz CT molecular complexity index is 819. The van der Waals surface area contributed by atoms with Gasteiger partial charge in [0, 0.05) is 6.08 Å². The monoisotopic (exact) mass is 362 g/mol. The van der Waals surface area contributed by atoms with E-state index < -0.39 is 17.7 Å². The minimum absolute atomic E-state index is 0.474. The number of carboxylic acid groups (broad SMARTS) is 1. The van der Waals surface area contributed by atoms with E-state index in [0.717, 1.165) is 18.2 Å². The standard InChI is InChI=1S/C20H17F3O3/c1-2-26-17-6-3-5-15(13-17)18(7-4-8-19(24)25)14-9-11-16(12-10-14)20(21,22)23/h3-13H,2H2,1H3,(H,24,25). The molecule has 0 aliphatic carbocycles. The second kappa shape index (κ2) is 8.38. The molecule has 2 rings (SSSR count). The first kappa shape index (κ1) is 19.3. The molecule has 0 atom stereocenters. The summed E-state index contributed by atoms with van der Waals surface area (Å²) in [5.41, 5.74) is 1.06. The second-order valence-electron chi connectivity index (χ2n) is 5.31. The van der Waals surface area contributed by atoms with E-state index in [1.807, 2.05) is 6.92 Å². The molecular weight excluding hydrogens is 345 g/mol. The summed E-state index contributed by atoms with van der Waals surface area (Å²) in [4.78, 5) is 10.7. The Balaban J connectivity index is 2.48. The van der Waals surface area contributed by atoms with Crippen molar-refractivity contribution in [2.45, 2.75) is 13.1 Å². The summed E-state index contributed by atoms with van der Waals surface area (Å²) >= 11 is 0. The molecule has 3 nitrogen and oxygen atoms in total. The van der Waals surface area contributed by atoms with Crippen LogP contribution in [0.3, 0.4) is 0 Å². The van der Waals surface area contributed by atoms with E-state index in [4.69, 9.17) is 9.84 Å². The van der Waals surface area contributed by atoms with Gasteiger partial charge in [-0.05, 0) is 47.9 Å². The van der Waals surface area contributed by atoms with E-state index in [1.165, 1.54) is 18.2 Å². The van der Waals surface area contributed by atoms with Crippen molar-refractivity contribution in [3.05, 3.63) is 83.4 Å². The molecule has 0 saturated heterocycles. The number of alkyl halides is 3. The third kappa shape index (κ3) is 5.24. The number of ether oxygens (including phenoxy) is 1. The Morgan fingerprint density at radius 1 is 1.12 bits per heavy atom. The number of carbonyl (C=O) groups is 1. The van der Waals surface area contributed by atoms with Gasteiger partial charge < -0.3 is 9.84 Å². The highest BCUT2D eigenvalue weighted by molar-refractivity contribution is 5.84. The first-order valence-electron chi connectivity index (χ1n) is 7.83. The van der Waals surface area contributed by atoms with Gasteiger partial charge in [-0.25, -0.2) is 4.79 Å². The fraction of sp³-hybridized carbons (Fsp3) is 0.150. The maximum Gasteiger partial charge on any atom is 0.416 e. The molecule has 0 spiro atoms. The Morgan fingerprint density at radius 3 is 2.38 bits per heavy atom. The van der Waals surface area contributed by atoms with Gasteiger partial charge in [0.15, 0.2) is 0 Å². The van der Waals surface area contributed by atoms with Crippen molar-refractivity contribution in [1.29, 1.82) is 0 Å². The molecule has 0 aliphatic rings.